The van der Waals surface area contributed by atoms with E-state index in [-0.39, 0.29) is 17.1 Å². The summed E-state index contributed by atoms with van der Waals surface area (Å²) in [6, 6.07) is 13.6. The molecule has 1 N–H and O–H groups in total. The number of hydrogen-bond donors (Lipinski definition) is 1. The van der Waals surface area contributed by atoms with E-state index in [2.05, 4.69) is 5.32 Å². The van der Waals surface area contributed by atoms with Gasteiger partial charge in [0.05, 0.1) is 22.7 Å². The number of alkyl carbamates (subject to hydrolysis) is 1. The molecule has 1 heterocycles. The number of fused-ring (bicyclic) bond motifs is 1. The molecule has 0 aliphatic carbocycles. The Morgan fingerprint density at radius 1 is 0.949 bits per heavy atom. The minimum atomic E-state index is -4.59. The normalized spacial score (nSPS) is 14.3. The van der Waals surface area contributed by atoms with Gasteiger partial charge in [0, 0.05) is 11.6 Å². The summed E-state index contributed by atoms with van der Waals surface area (Å²) in [5.74, 6) is -0.895. The van der Waals surface area contributed by atoms with Crippen LogP contribution in [0.5, 0.6) is 0 Å². The van der Waals surface area contributed by atoms with Gasteiger partial charge < -0.3 is 10.1 Å². The van der Waals surface area contributed by atoms with Gasteiger partial charge in [-0.1, -0.05) is 41.9 Å². The summed E-state index contributed by atoms with van der Waals surface area (Å²) < 4.78 is 45.8. The summed E-state index contributed by atoms with van der Waals surface area (Å²) >= 11 is 6.58. The molecule has 3 amide bonds. The second-order valence-corrected chi connectivity index (χ2v) is 10.6. The SMILES string of the molecule is C[C@H](c1ccc(-c2cc(C(F)(F)F)ccc2CNC(=O)OC(C)(C)C)cc1Cl)N1C(=O)c2ccccc2C1=O. The average molecular weight is 559 g/mol. The fraction of sp³-hybridized carbons (Fsp3) is 0.276. The summed E-state index contributed by atoms with van der Waals surface area (Å²) in [6.07, 6.45) is -5.30. The molecule has 10 heteroatoms. The smallest absolute Gasteiger partial charge is 0.416 e. The van der Waals surface area contributed by atoms with E-state index in [1.807, 2.05) is 0 Å². The maximum absolute atomic E-state index is 13.5. The number of nitrogens with one attached hydrogen (secondary N) is 1. The number of nitrogens with zero attached hydrogens (tertiary/aromatic N) is 1. The number of carbonyl (C=O) groups is 3. The standard InChI is InChI=1S/C29H26ClF3N2O4/c1-16(35-25(36)21-7-5-6-8-22(21)26(35)37)20-12-10-17(13-24(20)30)23-14-19(29(31,32)33)11-9-18(23)15-34-27(38)39-28(2,3)4/h5-14,16H,15H2,1-4H3,(H,34,38)/t16-/m1/s1. The Morgan fingerprint density at radius 3 is 2.10 bits per heavy atom. The predicted octanol–water partition coefficient (Wildman–Crippen LogP) is 7.41. The maximum Gasteiger partial charge on any atom is 0.416 e. The molecule has 39 heavy (non-hydrogen) atoms. The summed E-state index contributed by atoms with van der Waals surface area (Å²) in [4.78, 5) is 39.1. The Hall–Kier alpha value is -3.85. The van der Waals surface area contributed by atoms with Crippen molar-refractivity contribution < 1.29 is 32.3 Å². The molecular formula is C29H26ClF3N2O4. The fourth-order valence-corrected chi connectivity index (χ4v) is 4.73. The van der Waals surface area contributed by atoms with Gasteiger partial charge in [-0.25, -0.2) is 4.79 Å². The Labute approximate surface area is 228 Å². The first-order valence-electron chi connectivity index (χ1n) is 12.1. The number of alkyl halides is 3. The van der Waals surface area contributed by atoms with Crippen molar-refractivity contribution in [3.63, 3.8) is 0 Å². The molecule has 204 valence electrons. The molecule has 1 aliphatic heterocycles. The second-order valence-electron chi connectivity index (χ2n) is 10.2. The minimum Gasteiger partial charge on any atom is -0.444 e. The van der Waals surface area contributed by atoms with E-state index in [9.17, 15) is 27.6 Å². The molecule has 0 spiro atoms. The third kappa shape index (κ3) is 5.93. The number of carbonyl (C=O) groups excluding carboxylic acids is 3. The molecule has 1 atom stereocenters. The topological polar surface area (TPSA) is 75.7 Å². The lowest BCUT2D eigenvalue weighted by molar-refractivity contribution is -0.137. The molecule has 6 nitrogen and oxygen atoms in total. The van der Waals surface area contributed by atoms with Gasteiger partial charge in [-0.3, -0.25) is 14.5 Å². The van der Waals surface area contributed by atoms with Crippen LogP contribution in [0.4, 0.5) is 18.0 Å². The van der Waals surface area contributed by atoms with E-state index < -0.39 is 41.3 Å². The molecule has 4 rings (SSSR count). The van der Waals surface area contributed by atoms with Crippen molar-refractivity contribution in [1.82, 2.24) is 10.2 Å². The Kier molecular flexibility index (Phi) is 7.49. The van der Waals surface area contributed by atoms with Gasteiger partial charge in [0.15, 0.2) is 0 Å². The van der Waals surface area contributed by atoms with E-state index in [1.54, 1.807) is 64.1 Å². The lowest BCUT2D eigenvalue weighted by Gasteiger charge is -2.24. The van der Waals surface area contributed by atoms with Gasteiger partial charge in [0.25, 0.3) is 11.8 Å². The molecule has 0 fully saturated rings. The molecule has 0 bridgehead atoms. The number of benzene rings is 3. The number of halogens is 4. The molecule has 0 aromatic heterocycles. The number of amides is 3. The number of rotatable bonds is 5. The van der Waals surface area contributed by atoms with Crippen LogP contribution in [0.3, 0.4) is 0 Å². The first-order valence-corrected chi connectivity index (χ1v) is 12.5. The summed E-state index contributed by atoms with van der Waals surface area (Å²) in [5.41, 5.74) is 0.432. The lowest BCUT2D eigenvalue weighted by atomic mass is 9.95. The first kappa shape index (κ1) is 28.2. The van der Waals surface area contributed by atoms with Crippen molar-refractivity contribution in [3.05, 3.63) is 93.5 Å². The van der Waals surface area contributed by atoms with Gasteiger partial charge in [-0.15, -0.1) is 0 Å². The van der Waals surface area contributed by atoms with Crippen molar-refractivity contribution in [3.8, 4) is 11.1 Å². The van der Waals surface area contributed by atoms with Crippen LogP contribution in [0.2, 0.25) is 5.02 Å². The maximum atomic E-state index is 13.5. The van der Waals surface area contributed by atoms with Crippen LogP contribution >= 0.6 is 11.6 Å². The molecular weight excluding hydrogens is 533 g/mol. The Balaban J connectivity index is 1.66. The second kappa shape index (κ2) is 10.4. The predicted molar refractivity (Wildman–Crippen MR) is 140 cm³/mol. The molecule has 0 saturated carbocycles. The molecule has 0 unspecified atom stereocenters. The Morgan fingerprint density at radius 2 is 1.56 bits per heavy atom. The van der Waals surface area contributed by atoms with Gasteiger partial charge in [-0.2, -0.15) is 13.2 Å². The monoisotopic (exact) mass is 558 g/mol. The zero-order chi connectivity index (χ0) is 28.7. The third-order valence-electron chi connectivity index (χ3n) is 6.23. The van der Waals surface area contributed by atoms with Crippen LogP contribution in [-0.4, -0.2) is 28.4 Å². The average Bonchev–Trinajstić information content (AvgIpc) is 3.10. The van der Waals surface area contributed by atoms with Crippen LogP contribution in [0.15, 0.2) is 60.7 Å². The number of hydrogen-bond acceptors (Lipinski definition) is 4. The van der Waals surface area contributed by atoms with E-state index in [0.717, 1.165) is 17.0 Å². The quantitative estimate of drug-likeness (QED) is 0.331. The molecule has 0 radical (unpaired) electrons. The van der Waals surface area contributed by atoms with Crippen LogP contribution in [-0.2, 0) is 17.5 Å². The van der Waals surface area contributed by atoms with Gasteiger partial charge >= 0.3 is 12.3 Å². The van der Waals surface area contributed by atoms with E-state index >= 15 is 0 Å². The van der Waals surface area contributed by atoms with Crippen LogP contribution in [0, 0.1) is 0 Å². The van der Waals surface area contributed by atoms with Crippen LogP contribution in [0.1, 0.15) is 71.1 Å². The molecule has 3 aromatic carbocycles. The zero-order valence-corrected chi connectivity index (χ0v) is 22.4. The lowest BCUT2D eigenvalue weighted by Crippen LogP contribution is -2.32. The Bertz CT molecular complexity index is 1430. The van der Waals surface area contributed by atoms with Gasteiger partial charge in [0.1, 0.15) is 5.60 Å². The largest absolute Gasteiger partial charge is 0.444 e. The van der Waals surface area contributed by atoms with Gasteiger partial charge in [0.2, 0.25) is 0 Å². The summed E-state index contributed by atoms with van der Waals surface area (Å²) in [6.45, 7) is 6.66. The van der Waals surface area contributed by atoms with Crippen molar-refractivity contribution in [2.24, 2.45) is 0 Å². The van der Waals surface area contributed by atoms with Crippen molar-refractivity contribution in [2.45, 2.75) is 52.1 Å². The summed E-state index contributed by atoms with van der Waals surface area (Å²) in [5, 5.41) is 2.73. The van der Waals surface area contributed by atoms with E-state index in [4.69, 9.17) is 16.3 Å². The van der Waals surface area contributed by atoms with E-state index in [1.165, 1.54) is 12.1 Å². The van der Waals surface area contributed by atoms with Gasteiger partial charge in [-0.05, 0) is 80.3 Å². The number of imide groups is 1. The highest BCUT2D eigenvalue weighted by Gasteiger charge is 2.39. The third-order valence-corrected chi connectivity index (χ3v) is 6.56. The van der Waals surface area contributed by atoms with Crippen molar-refractivity contribution in [1.29, 1.82) is 0 Å². The molecule has 3 aromatic rings. The highest BCUT2D eigenvalue weighted by atomic mass is 35.5. The van der Waals surface area contributed by atoms with Crippen molar-refractivity contribution >= 4 is 29.5 Å². The van der Waals surface area contributed by atoms with Crippen LogP contribution in [0.25, 0.3) is 11.1 Å². The molecule has 1 aliphatic rings. The molecule has 0 saturated heterocycles. The van der Waals surface area contributed by atoms with E-state index in [0.29, 0.717) is 27.8 Å². The zero-order valence-electron chi connectivity index (χ0n) is 21.7. The highest BCUT2D eigenvalue weighted by molar-refractivity contribution is 6.32. The first-order chi connectivity index (χ1) is 18.2. The number of ether oxygens (including phenoxy) is 1. The fourth-order valence-electron chi connectivity index (χ4n) is 4.39. The summed E-state index contributed by atoms with van der Waals surface area (Å²) in [7, 11) is 0. The van der Waals surface area contributed by atoms with Crippen LogP contribution < -0.4 is 5.32 Å². The minimum absolute atomic E-state index is 0.0901. The van der Waals surface area contributed by atoms with Crippen molar-refractivity contribution in [2.75, 3.05) is 0 Å². The highest BCUT2D eigenvalue weighted by Crippen LogP contribution is 2.38.